The van der Waals surface area contributed by atoms with Gasteiger partial charge >= 0.3 is 0 Å². The Labute approximate surface area is 84.6 Å². The van der Waals surface area contributed by atoms with E-state index >= 15 is 0 Å². The molecule has 0 unspecified atom stereocenters. The molecule has 1 aromatic rings. The average molecular weight is 196 g/mol. The minimum Gasteiger partial charge on any atom is -0.497 e. The molecule has 1 aromatic carbocycles. The van der Waals surface area contributed by atoms with Crippen LogP contribution in [0.15, 0.2) is 12.1 Å². The maximum absolute atomic E-state index is 5.25. The van der Waals surface area contributed by atoms with Crippen LogP contribution in [-0.2, 0) is 0 Å². The van der Waals surface area contributed by atoms with Gasteiger partial charge in [-0.05, 0) is 18.6 Å². The molecule has 0 saturated carbocycles. The summed E-state index contributed by atoms with van der Waals surface area (Å²) < 4.78 is 15.6. The number of benzene rings is 1. The monoisotopic (exact) mass is 196 g/mol. The second-order valence-corrected chi connectivity index (χ2v) is 2.68. The van der Waals surface area contributed by atoms with Crippen LogP contribution in [0.2, 0.25) is 0 Å². The number of methoxy groups -OCH3 is 1. The lowest BCUT2D eigenvalue weighted by Gasteiger charge is -2.03. The molecule has 78 valence electrons. The second-order valence-electron chi connectivity index (χ2n) is 2.68. The van der Waals surface area contributed by atoms with Gasteiger partial charge in [-0.2, -0.15) is 0 Å². The summed E-state index contributed by atoms with van der Waals surface area (Å²) in [5.74, 6) is 2.40. The van der Waals surface area contributed by atoms with Gasteiger partial charge in [-0.25, -0.2) is 0 Å². The van der Waals surface area contributed by atoms with Crippen molar-refractivity contribution in [2.45, 2.75) is 20.8 Å². The number of ether oxygens (including phenoxy) is 3. The molecule has 3 nitrogen and oxygen atoms in total. The first-order valence-corrected chi connectivity index (χ1v) is 4.75. The van der Waals surface area contributed by atoms with Gasteiger partial charge in [0.1, 0.15) is 5.75 Å². The van der Waals surface area contributed by atoms with Crippen molar-refractivity contribution in [2.24, 2.45) is 0 Å². The summed E-state index contributed by atoms with van der Waals surface area (Å²) >= 11 is 0. The summed E-state index contributed by atoms with van der Waals surface area (Å²) in [6.07, 6.45) is 0. The Bertz CT molecular complexity index is 308. The SMILES string of the molecule is CC.COc1cc(C)c2c(c1)OCO2. The molecule has 0 fully saturated rings. The van der Waals surface area contributed by atoms with E-state index in [-0.39, 0.29) is 0 Å². The molecule has 0 aliphatic carbocycles. The van der Waals surface area contributed by atoms with Gasteiger partial charge in [-0.1, -0.05) is 13.8 Å². The molecule has 0 radical (unpaired) electrons. The zero-order chi connectivity index (χ0) is 10.6. The highest BCUT2D eigenvalue weighted by atomic mass is 16.7. The lowest BCUT2D eigenvalue weighted by molar-refractivity contribution is 0.173. The Hall–Kier alpha value is -1.38. The smallest absolute Gasteiger partial charge is 0.231 e. The lowest BCUT2D eigenvalue weighted by atomic mass is 10.2. The van der Waals surface area contributed by atoms with Crippen LogP contribution in [-0.4, -0.2) is 13.9 Å². The molecule has 0 N–H and O–H groups in total. The van der Waals surface area contributed by atoms with Crippen LogP contribution >= 0.6 is 0 Å². The molecule has 0 saturated heterocycles. The highest BCUT2D eigenvalue weighted by Crippen LogP contribution is 2.38. The minimum atomic E-state index is 0.309. The van der Waals surface area contributed by atoms with Gasteiger partial charge in [0, 0.05) is 6.07 Å². The van der Waals surface area contributed by atoms with Crippen molar-refractivity contribution in [2.75, 3.05) is 13.9 Å². The predicted molar refractivity (Wildman–Crippen MR) is 55.2 cm³/mol. The Morgan fingerprint density at radius 2 is 1.93 bits per heavy atom. The van der Waals surface area contributed by atoms with E-state index in [0.717, 1.165) is 22.8 Å². The number of hydrogen-bond acceptors (Lipinski definition) is 3. The molecule has 0 spiro atoms. The molecule has 1 heterocycles. The van der Waals surface area contributed by atoms with Crippen molar-refractivity contribution in [1.29, 1.82) is 0 Å². The van der Waals surface area contributed by atoms with E-state index in [1.807, 2.05) is 32.9 Å². The van der Waals surface area contributed by atoms with E-state index in [1.165, 1.54) is 0 Å². The summed E-state index contributed by atoms with van der Waals surface area (Å²) in [6, 6.07) is 3.75. The third kappa shape index (κ3) is 1.92. The predicted octanol–water partition coefficient (Wildman–Crippen LogP) is 2.76. The van der Waals surface area contributed by atoms with Crippen molar-refractivity contribution in [3.05, 3.63) is 17.7 Å². The molecule has 0 amide bonds. The zero-order valence-corrected chi connectivity index (χ0v) is 9.09. The fourth-order valence-corrected chi connectivity index (χ4v) is 1.27. The van der Waals surface area contributed by atoms with Gasteiger partial charge in [0.05, 0.1) is 7.11 Å². The van der Waals surface area contributed by atoms with E-state index in [1.54, 1.807) is 7.11 Å². The Balaban J connectivity index is 0.000000461. The number of aryl methyl sites for hydroxylation is 1. The third-order valence-corrected chi connectivity index (χ3v) is 1.87. The minimum absolute atomic E-state index is 0.309. The van der Waals surface area contributed by atoms with E-state index in [4.69, 9.17) is 14.2 Å². The quantitative estimate of drug-likeness (QED) is 0.691. The number of fused-ring (bicyclic) bond motifs is 1. The third-order valence-electron chi connectivity index (χ3n) is 1.87. The Kier molecular flexibility index (Phi) is 3.63. The van der Waals surface area contributed by atoms with Crippen molar-refractivity contribution >= 4 is 0 Å². The van der Waals surface area contributed by atoms with Crippen LogP contribution < -0.4 is 14.2 Å². The molecular weight excluding hydrogens is 180 g/mol. The van der Waals surface area contributed by atoms with Crippen molar-refractivity contribution in [1.82, 2.24) is 0 Å². The first-order valence-electron chi connectivity index (χ1n) is 4.75. The fraction of sp³-hybridized carbons (Fsp3) is 0.455. The summed E-state index contributed by atoms with van der Waals surface area (Å²) in [4.78, 5) is 0. The summed E-state index contributed by atoms with van der Waals surface area (Å²) in [6.45, 7) is 6.28. The van der Waals surface area contributed by atoms with Gasteiger partial charge < -0.3 is 14.2 Å². The highest BCUT2D eigenvalue weighted by Gasteiger charge is 2.16. The van der Waals surface area contributed by atoms with Gasteiger partial charge in [0.25, 0.3) is 0 Å². The molecule has 3 heteroatoms. The first-order chi connectivity index (χ1) is 6.81. The lowest BCUT2D eigenvalue weighted by Crippen LogP contribution is -1.93. The van der Waals surface area contributed by atoms with Crippen LogP contribution in [0.4, 0.5) is 0 Å². The van der Waals surface area contributed by atoms with Gasteiger partial charge in [-0.15, -0.1) is 0 Å². The van der Waals surface area contributed by atoms with Gasteiger partial charge in [-0.3, -0.25) is 0 Å². The Morgan fingerprint density at radius 1 is 1.21 bits per heavy atom. The molecule has 2 rings (SSSR count). The van der Waals surface area contributed by atoms with Crippen LogP contribution in [0, 0.1) is 6.92 Å². The first kappa shape index (κ1) is 10.7. The Morgan fingerprint density at radius 3 is 2.57 bits per heavy atom. The van der Waals surface area contributed by atoms with E-state index in [9.17, 15) is 0 Å². The van der Waals surface area contributed by atoms with E-state index in [2.05, 4.69) is 0 Å². The maximum Gasteiger partial charge on any atom is 0.231 e. The van der Waals surface area contributed by atoms with Gasteiger partial charge in [0.15, 0.2) is 11.5 Å². The second kappa shape index (κ2) is 4.74. The molecule has 0 atom stereocenters. The van der Waals surface area contributed by atoms with Crippen molar-refractivity contribution in [3.63, 3.8) is 0 Å². The molecule has 1 aliphatic rings. The van der Waals surface area contributed by atoms with Crippen molar-refractivity contribution < 1.29 is 14.2 Å². The summed E-state index contributed by atoms with van der Waals surface area (Å²) in [7, 11) is 1.64. The normalized spacial score (nSPS) is 11.7. The topological polar surface area (TPSA) is 27.7 Å². The molecule has 14 heavy (non-hydrogen) atoms. The standard InChI is InChI=1S/C9H10O3.C2H6/c1-6-3-7(10-2)4-8-9(6)12-5-11-8;1-2/h3-4H,5H2,1-2H3;1-2H3. The zero-order valence-electron chi connectivity index (χ0n) is 9.09. The van der Waals surface area contributed by atoms with Crippen LogP contribution in [0.3, 0.4) is 0 Å². The van der Waals surface area contributed by atoms with E-state index in [0.29, 0.717) is 6.79 Å². The summed E-state index contributed by atoms with van der Waals surface area (Å²) in [5.41, 5.74) is 1.04. The average Bonchev–Trinajstić information content (AvgIpc) is 2.69. The molecule has 1 aliphatic heterocycles. The molecular formula is C11H16O3. The molecule has 0 aromatic heterocycles. The molecule has 0 bridgehead atoms. The number of rotatable bonds is 1. The van der Waals surface area contributed by atoms with Crippen LogP contribution in [0.1, 0.15) is 19.4 Å². The maximum atomic E-state index is 5.25. The highest BCUT2D eigenvalue weighted by molar-refractivity contribution is 5.52. The van der Waals surface area contributed by atoms with Crippen molar-refractivity contribution in [3.8, 4) is 17.2 Å². The van der Waals surface area contributed by atoms with Crippen LogP contribution in [0.25, 0.3) is 0 Å². The largest absolute Gasteiger partial charge is 0.497 e. The van der Waals surface area contributed by atoms with Gasteiger partial charge in [0.2, 0.25) is 6.79 Å². The van der Waals surface area contributed by atoms with E-state index < -0.39 is 0 Å². The van der Waals surface area contributed by atoms with Crippen LogP contribution in [0.5, 0.6) is 17.2 Å². The number of hydrogen-bond donors (Lipinski definition) is 0. The fourth-order valence-electron chi connectivity index (χ4n) is 1.27. The summed E-state index contributed by atoms with van der Waals surface area (Å²) in [5, 5.41) is 0.